The van der Waals surface area contributed by atoms with Gasteiger partial charge < -0.3 is 20.3 Å². The number of para-hydroxylation sites is 1. The molecule has 26 heavy (non-hydrogen) atoms. The van der Waals surface area contributed by atoms with E-state index in [-0.39, 0.29) is 36.2 Å². The van der Waals surface area contributed by atoms with Crippen LogP contribution in [0, 0.1) is 0 Å². The van der Waals surface area contributed by atoms with Gasteiger partial charge in [-0.3, -0.25) is 14.4 Å². The fourth-order valence-electron chi connectivity index (χ4n) is 3.31. The Kier molecular flexibility index (Phi) is 4.64. The molecule has 7 nitrogen and oxygen atoms in total. The monoisotopic (exact) mass is 359 g/mol. The Morgan fingerprint density at radius 2 is 2.00 bits per heavy atom. The van der Waals surface area contributed by atoms with Crippen LogP contribution >= 0.6 is 0 Å². The fourth-order valence-corrected chi connectivity index (χ4v) is 3.31. The molecule has 0 aromatic heterocycles. The molecule has 0 saturated carbocycles. The number of nitrogens with zero attached hydrogens (tertiary/aromatic N) is 1. The molecule has 0 bridgehead atoms. The summed E-state index contributed by atoms with van der Waals surface area (Å²) in [4.78, 5) is 38.6. The minimum Gasteiger partial charge on any atom is -0.467 e. The van der Waals surface area contributed by atoms with Crippen LogP contribution in [0.15, 0.2) is 24.3 Å². The van der Waals surface area contributed by atoms with E-state index in [1.54, 1.807) is 18.2 Å². The number of likely N-dealkylation sites (tertiary alicyclic amines) is 1. The van der Waals surface area contributed by atoms with Gasteiger partial charge in [-0.25, -0.2) is 0 Å². The van der Waals surface area contributed by atoms with Crippen LogP contribution in [0.2, 0.25) is 0 Å². The predicted molar refractivity (Wildman–Crippen MR) is 95.6 cm³/mol. The van der Waals surface area contributed by atoms with Gasteiger partial charge in [0.1, 0.15) is 5.75 Å². The first-order chi connectivity index (χ1) is 12.2. The number of fused-ring (bicyclic) bond motifs is 1. The van der Waals surface area contributed by atoms with E-state index >= 15 is 0 Å². The third kappa shape index (κ3) is 3.98. The van der Waals surface area contributed by atoms with Gasteiger partial charge in [-0.05, 0) is 32.9 Å². The first-order valence-corrected chi connectivity index (χ1v) is 8.87. The Bertz CT molecular complexity index is 741. The zero-order valence-corrected chi connectivity index (χ0v) is 15.4. The van der Waals surface area contributed by atoms with Gasteiger partial charge in [-0.15, -0.1) is 0 Å². The van der Waals surface area contributed by atoms with E-state index in [1.807, 2.05) is 26.8 Å². The lowest BCUT2D eigenvalue weighted by atomic mass is 10.0. The lowest BCUT2D eigenvalue weighted by molar-refractivity contribution is -0.136. The molecule has 0 radical (unpaired) electrons. The van der Waals surface area contributed by atoms with Gasteiger partial charge in [0.05, 0.1) is 12.1 Å². The second-order valence-electron chi connectivity index (χ2n) is 7.91. The van der Waals surface area contributed by atoms with E-state index in [0.29, 0.717) is 30.7 Å². The van der Waals surface area contributed by atoms with E-state index in [4.69, 9.17) is 4.74 Å². The third-order valence-corrected chi connectivity index (χ3v) is 4.51. The van der Waals surface area contributed by atoms with E-state index in [9.17, 15) is 14.4 Å². The van der Waals surface area contributed by atoms with Crippen molar-refractivity contribution in [3.8, 4) is 5.75 Å². The van der Waals surface area contributed by atoms with Gasteiger partial charge in [0, 0.05) is 31.3 Å². The molecule has 1 aromatic rings. The molecule has 3 rings (SSSR count). The second kappa shape index (κ2) is 6.63. The molecule has 2 N–H and O–H groups in total. The smallest absolute Gasteiger partial charge is 0.258 e. The predicted octanol–water partition coefficient (Wildman–Crippen LogP) is 1.43. The van der Waals surface area contributed by atoms with E-state index in [0.717, 1.165) is 0 Å². The summed E-state index contributed by atoms with van der Waals surface area (Å²) in [6.07, 6.45) is 1.02. The largest absolute Gasteiger partial charge is 0.467 e. The summed E-state index contributed by atoms with van der Waals surface area (Å²) < 4.78 is 6.08. The van der Waals surface area contributed by atoms with E-state index < -0.39 is 5.72 Å². The van der Waals surface area contributed by atoms with Crippen molar-refractivity contribution in [1.29, 1.82) is 0 Å². The number of hydrogen-bond acceptors (Lipinski definition) is 4. The number of carbonyl (C=O) groups excluding carboxylic acids is 3. The molecule has 7 heteroatoms. The van der Waals surface area contributed by atoms with Gasteiger partial charge in [0.15, 0.2) is 5.72 Å². The average Bonchev–Trinajstić information content (AvgIpc) is 2.67. The van der Waals surface area contributed by atoms with Crippen LogP contribution in [0.5, 0.6) is 5.75 Å². The van der Waals surface area contributed by atoms with Crippen LogP contribution in [0.4, 0.5) is 0 Å². The Labute approximate surface area is 153 Å². The van der Waals surface area contributed by atoms with Crippen molar-refractivity contribution >= 4 is 17.7 Å². The topological polar surface area (TPSA) is 87.7 Å². The molecular weight excluding hydrogens is 334 g/mol. The Hall–Kier alpha value is -2.57. The normalized spacial score (nSPS) is 23.0. The second-order valence-corrected chi connectivity index (χ2v) is 7.91. The number of nitrogens with one attached hydrogen (secondary N) is 2. The van der Waals surface area contributed by atoms with E-state index in [1.165, 1.54) is 4.90 Å². The van der Waals surface area contributed by atoms with Crippen molar-refractivity contribution in [3.63, 3.8) is 0 Å². The molecule has 1 aromatic carbocycles. The molecule has 2 aliphatic heterocycles. The lowest BCUT2D eigenvalue weighted by Gasteiger charge is -2.38. The minimum atomic E-state index is -0.906. The molecule has 2 heterocycles. The van der Waals surface area contributed by atoms with Gasteiger partial charge in [0.25, 0.3) is 5.91 Å². The molecule has 1 atom stereocenters. The zero-order valence-electron chi connectivity index (χ0n) is 15.4. The SMILES string of the molecule is CC(C)(C)NC(=O)CN1CC[C@@]2(CCC1=O)NC(=O)c1ccccc1O2. The number of amides is 3. The highest BCUT2D eigenvalue weighted by atomic mass is 16.5. The molecule has 2 aliphatic rings. The minimum absolute atomic E-state index is 0.0106. The zero-order chi connectivity index (χ0) is 18.9. The Balaban J connectivity index is 1.71. The standard InChI is InChI=1S/C19H25N3O4/c1-18(2,3)20-15(23)12-22-11-10-19(9-8-16(22)24)21-17(25)13-6-4-5-7-14(13)26-19/h4-7H,8-12H2,1-3H3,(H,20,23)(H,21,25)/t19-/m0/s1. The number of rotatable bonds is 2. The van der Waals surface area contributed by atoms with E-state index in [2.05, 4.69) is 10.6 Å². The molecule has 1 spiro atoms. The number of benzene rings is 1. The van der Waals surface area contributed by atoms with Crippen molar-refractivity contribution in [3.05, 3.63) is 29.8 Å². The number of hydrogen-bond donors (Lipinski definition) is 2. The summed E-state index contributed by atoms with van der Waals surface area (Å²) in [5.41, 5.74) is -0.761. The van der Waals surface area contributed by atoms with Crippen LogP contribution in [-0.2, 0) is 9.59 Å². The van der Waals surface area contributed by atoms with Crippen LogP contribution in [0.25, 0.3) is 0 Å². The Morgan fingerprint density at radius 3 is 2.73 bits per heavy atom. The number of ether oxygens (including phenoxy) is 1. The summed E-state index contributed by atoms with van der Waals surface area (Å²) in [6, 6.07) is 7.07. The van der Waals surface area contributed by atoms with Crippen LogP contribution in [0.3, 0.4) is 0 Å². The van der Waals surface area contributed by atoms with Crippen molar-refractivity contribution in [2.75, 3.05) is 13.1 Å². The first kappa shape index (κ1) is 18.2. The van der Waals surface area contributed by atoms with Gasteiger partial charge in [-0.2, -0.15) is 0 Å². The van der Waals surface area contributed by atoms with Crippen LogP contribution in [0.1, 0.15) is 50.4 Å². The summed E-state index contributed by atoms with van der Waals surface area (Å²) in [7, 11) is 0. The van der Waals surface area contributed by atoms with Crippen molar-refractivity contribution in [2.45, 2.75) is 51.3 Å². The van der Waals surface area contributed by atoms with Crippen molar-refractivity contribution < 1.29 is 19.1 Å². The number of carbonyl (C=O) groups is 3. The highest BCUT2D eigenvalue weighted by Gasteiger charge is 2.42. The fraction of sp³-hybridized carbons (Fsp3) is 0.526. The molecule has 140 valence electrons. The summed E-state index contributed by atoms with van der Waals surface area (Å²) in [5, 5.41) is 5.78. The first-order valence-electron chi connectivity index (χ1n) is 8.87. The summed E-state index contributed by atoms with van der Waals surface area (Å²) in [5.74, 6) is 0.0317. The highest BCUT2D eigenvalue weighted by Crippen LogP contribution is 2.33. The molecule has 0 unspecified atom stereocenters. The molecular formula is C19H25N3O4. The lowest BCUT2D eigenvalue weighted by Crippen LogP contribution is -2.56. The summed E-state index contributed by atoms with van der Waals surface area (Å²) in [6.45, 7) is 6.04. The van der Waals surface area contributed by atoms with Crippen LogP contribution < -0.4 is 15.4 Å². The summed E-state index contributed by atoms with van der Waals surface area (Å²) >= 11 is 0. The third-order valence-electron chi connectivity index (χ3n) is 4.51. The maximum Gasteiger partial charge on any atom is 0.258 e. The van der Waals surface area contributed by atoms with Gasteiger partial charge in [-0.1, -0.05) is 12.1 Å². The average molecular weight is 359 g/mol. The molecule has 3 amide bonds. The molecule has 1 fully saturated rings. The molecule has 1 saturated heterocycles. The van der Waals surface area contributed by atoms with Gasteiger partial charge >= 0.3 is 0 Å². The maximum absolute atomic E-state index is 12.4. The quantitative estimate of drug-likeness (QED) is 0.836. The van der Waals surface area contributed by atoms with Gasteiger partial charge in [0.2, 0.25) is 11.8 Å². The van der Waals surface area contributed by atoms with Crippen molar-refractivity contribution in [2.24, 2.45) is 0 Å². The maximum atomic E-state index is 12.4. The van der Waals surface area contributed by atoms with Crippen LogP contribution in [-0.4, -0.2) is 47.0 Å². The molecule has 0 aliphatic carbocycles. The highest BCUT2D eigenvalue weighted by molar-refractivity contribution is 5.98. The Morgan fingerprint density at radius 1 is 1.27 bits per heavy atom. The van der Waals surface area contributed by atoms with Crippen molar-refractivity contribution in [1.82, 2.24) is 15.5 Å².